The predicted molar refractivity (Wildman–Crippen MR) is 157 cm³/mol. The summed E-state index contributed by atoms with van der Waals surface area (Å²) in [6.45, 7) is 3.75. The summed E-state index contributed by atoms with van der Waals surface area (Å²) in [5.74, 6) is -0.201. The number of carbonyl (C=O) groups is 5. The fraction of sp³-hybridized carbons (Fsp3) is 0.469. The Balaban J connectivity index is 1.24. The summed E-state index contributed by atoms with van der Waals surface area (Å²) >= 11 is 0. The van der Waals surface area contributed by atoms with Crippen LogP contribution in [0.3, 0.4) is 0 Å². The van der Waals surface area contributed by atoms with E-state index in [2.05, 4.69) is 10.6 Å². The largest absolute Gasteiger partial charge is 0.355 e. The predicted octanol–water partition coefficient (Wildman–Crippen LogP) is 3.85. The Labute approximate surface area is 241 Å². The minimum absolute atomic E-state index is 0.0153. The first-order valence-corrected chi connectivity index (χ1v) is 14.3. The summed E-state index contributed by atoms with van der Waals surface area (Å²) in [6.07, 6.45) is 6.02. The van der Waals surface area contributed by atoms with Crippen molar-refractivity contribution in [3.8, 4) is 0 Å². The molecule has 0 spiro atoms. The molecular formula is C32H40N4O5. The first-order valence-electron chi connectivity index (χ1n) is 14.3. The highest BCUT2D eigenvalue weighted by atomic mass is 16.2. The molecule has 0 aliphatic heterocycles. The number of fused-ring (bicyclic) bond motifs is 3. The van der Waals surface area contributed by atoms with Crippen molar-refractivity contribution in [3.63, 3.8) is 0 Å². The minimum Gasteiger partial charge on any atom is -0.355 e. The molecule has 2 N–H and O–H groups in total. The number of imide groups is 1. The maximum absolute atomic E-state index is 13.3. The first kappa shape index (κ1) is 30.0. The number of nitrogens with zero attached hydrogens (tertiary/aromatic N) is 2. The van der Waals surface area contributed by atoms with Crippen LogP contribution in [0.5, 0.6) is 0 Å². The molecule has 3 saturated carbocycles. The monoisotopic (exact) mass is 560 g/mol. The molecule has 0 radical (unpaired) electrons. The van der Waals surface area contributed by atoms with Crippen molar-refractivity contribution in [2.24, 2.45) is 10.8 Å². The number of rotatable bonds is 11. The van der Waals surface area contributed by atoms with Crippen LogP contribution in [-0.2, 0) is 36.8 Å². The van der Waals surface area contributed by atoms with Crippen molar-refractivity contribution in [1.29, 1.82) is 0 Å². The second-order valence-electron chi connectivity index (χ2n) is 11.5. The van der Waals surface area contributed by atoms with Gasteiger partial charge in [0.15, 0.2) is 0 Å². The summed E-state index contributed by atoms with van der Waals surface area (Å²) in [4.78, 5) is 63.2. The van der Waals surface area contributed by atoms with Gasteiger partial charge in [0.1, 0.15) is 0 Å². The van der Waals surface area contributed by atoms with Crippen molar-refractivity contribution in [3.05, 3.63) is 59.7 Å². The fourth-order valence-corrected chi connectivity index (χ4v) is 6.00. The number of carbonyl (C=O) groups excluding carboxylic acids is 5. The van der Waals surface area contributed by atoms with E-state index < -0.39 is 10.8 Å². The molecule has 0 saturated heterocycles. The van der Waals surface area contributed by atoms with Crippen molar-refractivity contribution >= 4 is 41.4 Å². The SMILES string of the molecule is CC(=O)N(C=O)CCc1ccc(NC(=O)C23CCC(C(=O)NCCc4ccc(N(C)C(C)=O)cc4)(CC2)CC3)cc1. The van der Waals surface area contributed by atoms with Gasteiger partial charge in [0.25, 0.3) is 0 Å². The highest BCUT2D eigenvalue weighted by Crippen LogP contribution is 2.57. The molecule has 41 heavy (non-hydrogen) atoms. The molecule has 5 amide bonds. The number of benzene rings is 2. The van der Waals surface area contributed by atoms with Crippen LogP contribution in [0.1, 0.15) is 63.5 Å². The third-order valence-corrected chi connectivity index (χ3v) is 9.09. The standard InChI is InChI=1S/C32H40N4O5/c1-23(38)35(3)28-10-6-25(7-11-28)12-20-33-29(40)31-14-17-32(18-15-31,19-16-31)30(41)34-27-8-4-26(5-9-27)13-21-36(22-37)24(2)39/h4-11,22H,12-21H2,1-3H3,(H,33,40)(H,34,41). The number of hydrogen-bond donors (Lipinski definition) is 2. The molecule has 2 aromatic carbocycles. The Morgan fingerprint density at radius 1 is 0.756 bits per heavy atom. The third-order valence-electron chi connectivity index (χ3n) is 9.09. The molecule has 0 heterocycles. The molecule has 5 rings (SSSR count). The lowest BCUT2D eigenvalue weighted by Gasteiger charge is -2.51. The molecule has 3 aliphatic carbocycles. The van der Waals surface area contributed by atoms with Gasteiger partial charge >= 0.3 is 0 Å². The summed E-state index contributed by atoms with van der Waals surface area (Å²) < 4.78 is 0. The molecule has 9 nitrogen and oxygen atoms in total. The number of hydrogen-bond acceptors (Lipinski definition) is 5. The zero-order valence-corrected chi connectivity index (χ0v) is 24.2. The van der Waals surface area contributed by atoms with Gasteiger partial charge in [-0.15, -0.1) is 0 Å². The number of amides is 5. The van der Waals surface area contributed by atoms with Crippen LogP contribution in [0, 0.1) is 10.8 Å². The van der Waals surface area contributed by atoms with Gasteiger partial charge in [-0.25, -0.2) is 0 Å². The Kier molecular flexibility index (Phi) is 9.25. The van der Waals surface area contributed by atoms with Crippen LogP contribution >= 0.6 is 0 Å². The average molecular weight is 561 g/mol. The molecule has 0 unspecified atom stereocenters. The topological polar surface area (TPSA) is 116 Å². The second-order valence-corrected chi connectivity index (χ2v) is 11.5. The summed E-state index contributed by atoms with van der Waals surface area (Å²) in [5, 5.41) is 6.22. The lowest BCUT2D eigenvalue weighted by atomic mass is 9.53. The van der Waals surface area contributed by atoms with Gasteiger partial charge in [0, 0.05) is 56.2 Å². The zero-order chi connectivity index (χ0) is 29.6. The Hall–Kier alpha value is -4.01. The lowest BCUT2D eigenvalue weighted by Crippen LogP contribution is -2.53. The highest BCUT2D eigenvalue weighted by molar-refractivity contribution is 5.96. The van der Waals surface area contributed by atoms with E-state index in [0.29, 0.717) is 76.6 Å². The molecular weight excluding hydrogens is 520 g/mol. The zero-order valence-electron chi connectivity index (χ0n) is 24.2. The molecule has 218 valence electrons. The molecule has 0 aromatic heterocycles. The van der Waals surface area contributed by atoms with Crippen LogP contribution in [0.15, 0.2) is 48.5 Å². The number of nitrogens with one attached hydrogen (secondary N) is 2. The summed E-state index contributed by atoms with van der Waals surface area (Å²) in [5.41, 5.74) is 2.78. The van der Waals surface area contributed by atoms with Crippen LogP contribution < -0.4 is 15.5 Å². The quantitative estimate of drug-likeness (QED) is 0.405. The van der Waals surface area contributed by atoms with Crippen molar-refractivity contribution < 1.29 is 24.0 Å². The minimum atomic E-state index is -0.443. The molecule has 2 bridgehead atoms. The highest BCUT2D eigenvalue weighted by Gasteiger charge is 2.55. The van der Waals surface area contributed by atoms with Gasteiger partial charge in [-0.3, -0.25) is 28.9 Å². The maximum Gasteiger partial charge on any atom is 0.230 e. The van der Waals surface area contributed by atoms with Gasteiger partial charge < -0.3 is 15.5 Å². The molecule has 0 atom stereocenters. The second kappa shape index (κ2) is 12.7. The van der Waals surface area contributed by atoms with E-state index in [1.165, 1.54) is 13.8 Å². The molecule has 3 aliphatic rings. The smallest absolute Gasteiger partial charge is 0.230 e. The van der Waals surface area contributed by atoms with E-state index in [9.17, 15) is 24.0 Å². The third kappa shape index (κ3) is 6.84. The van der Waals surface area contributed by atoms with E-state index in [1.807, 2.05) is 48.5 Å². The van der Waals surface area contributed by atoms with Crippen molar-refractivity contribution in [1.82, 2.24) is 10.2 Å². The normalized spacial score (nSPS) is 21.0. The van der Waals surface area contributed by atoms with Crippen LogP contribution in [0.25, 0.3) is 0 Å². The summed E-state index contributed by atoms with van der Waals surface area (Å²) in [7, 11) is 1.74. The summed E-state index contributed by atoms with van der Waals surface area (Å²) in [6, 6.07) is 15.3. The fourth-order valence-electron chi connectivity index (χ4n) is 6.00. The maximum atomic E-state index is 13.3. The van der Waals surface area contributed by atoms with E-state index in [4.69, 9.17) is 0 Å². The van der Waals surface area contributed by atoms with Gasteiger partial charge in [-0.05, 0) is 86.8 Å². The molecule has 3 fully saturated rings. The average Bonchev–Trinajstić information content (AvgIpc) is 2.99. The number of anilines is 2. The first-order chi connectivity index (χ1) is 19.6. The molecule has 9 heteroatoms. The van der Waals surface area contributed by atoms with E-state index in [0.717, 1.165) is 21.7 Å². The van der Waals surface area contributed by atoms with Crippen LogP contribution in [0.4, 0.5) is 11.4 Å². The van der Waals surface area contributed by atoms with Gasteiger partial charge in [-0.1, -0.05) is 24.3 Å². The lowest BCUT2D eigenvalue weighted by molar-refractivity contribution is -0.147. The Morgan fingerprint density at radius 3 is 1.78 bits per heavy atom. The Bertz CT molecular complexity index is 1260. The van der Waals surface area contributed by atoms with E-state index >= 15 is 0 Å². The van der Waals surface area contributed by atoms with E-state index in [1.54, 1.807) is 11.9 Å². The van der Waals surface area contributed by atoms with Crippen molar-refractivity contribution in [2.45, 2.75) is 65.2 Å². The molecule has 2 aromatic rings. The Morgan fingerprint density at radius 2 is 1.27 bits per heavy atom. The van der Waals surface area contributed by atoms with Crippen molar-refractivity contribution in [2.75, 3.05) is 30.4 Å². The van der Waals surface area contributed by atoms with Gasteiger partial charge in [0.2, 0.25) is 30.0 Å². The van der Waals surface area contributed by atoms with Crippen LogP contribution in [0.2, 0.25) is 0 Å². The van der Waals surface area contributed by atoms with E-state index in [-0.39, 0.29) is 23.6 Å². The van der Waals surface area contributed by atoms with Crippen LogP contribution in [-0.4, -0.2) is 55.1 Å². The van der Waals surface area contributed by atoms with Gasteiger partial charge in [0.05, 0.1) is 0 Å². The van der Waals surface area contributed by atoms with Gasteiger partial charge in [-0.2, -0.15) is 0 Å².